The maximum absolute atomic E-state index is 6.08. The average Bonchev–Trinajstić information content (AvgIpc) is 2.86. The summed E-state index contributed by atoms with van der Waals surface area (Å²) in [5, 5.41) is 7.93. The normalized spacial score (nSPS) is 13.7. The van der Waals surface area contributed by atoms with Crippen LogP contribution in [0.4, 0.5) is 0 Å². The van der Waals surface area contributed by atoms with E-state index in [0.717, 1.165) is 12.0 Å². The van der Waals surface area contributed by atoms with Crippen LogP contribution in [0.2, 0.25) is 5.02 Å². The molecule has 0 spiro atoms. The van der Waals surface area contributed by atoms with E-state index >= 15 is 0 Å². The molecule has 2 atom stereocenters. The summed E-state index contributed by atoms with van der Waals surface area (Å²) < 4.78 is 5.45. The van der Waals surface area contributed by atoms with Crippen LogP contribution in [-0.2, 0) is 6.42 Å². The number of nitrogens with one attached hydrogen (secondary N) is 1. The molecule has 0 bridgehead atoms. The Balaban J connectivity index is 0.00000242. The maximum atomic E-state index is 6.08. The van der Waals surface area contributed by atoms with E-state index in [9.17, 15) is 0 Å². The van der Waals surface area contributed by atoms with Crippen LogP contribution in [0.25, 0.3) is 0 Å². The number of hydrogen-bond acceptors (Lipinski definition) is 5. The predicted molar refractivity (Wildman–Crippen MR) is 90.8 cm³/mol. The summed E-state index contributed by atoms with van der Waals surface area (Å²) in [6.07, 6.45) is 0.732. The van der Waals surface area contributed by atoms with Crippen LogP contribution >= 0.6 is 24.0 Å². The fraction of sp³-hybridized carbons (Fsp3) is 0.467. The summed E-state index contributed by atoms with van der Waals surface area (Å²) in [6.45, 7) is 2.08. The highest BCUT2D eigenvalue weighted by molar-refractivity contribution is 6.30. The standard InChI is InChI=1S/C15H21ClN4O.ClH/c1-10(17-2)8-13-18-15(21-19-13)14(20(3)4)11-6-5-7-12(16)9-11;/h5-7,9-10,14,17H,8H2,1-4H3;1H. The van der Waals surface area contributed by atoms with Crippen molar-refractivity contribution < 1.29 is 4.52 Å². The van der Waals surface area contributed by atoms with Crippen LogP contribution in [0, 0.1) is 0 Å². The molecule has 1 heterocycles. The van der Waals surface area contributed by atoms with Gasteiger partial charge >= 0.3 is 0 Å². The van der Waals surface area contributed by atoms with Gasteiger partial charge in [0.25, 0.3) is 0 Å². The molecular formula is C15H22Cl2N4O. The van der Waals surface area contributed by atoms with Crippen LogP contribution in [0.3, 0.4) is 0 Å². The van der Waals surface area contributed by atoms with Gasteiger partial charge in [-0.25, -0.2) is 0 Å². The minimum atomic E-state index is -0.102. The molecule has 0 saturated carbocycles. The Bertz CT molecular complexity index is 588. The van der Waals surface area contributed by atoms with Gasteiger partial charge in [0, 0.05) is 17.5 Å². The van der Waals surface area contributed by atoms with E-state index in [-0.39, 0.29) is 18.4 Å². The highest BCUT2D eigenvalue weighted by atomic mass is 35.5. The number of nitrogens with zero attached hydrogens (tertiary/aromatic N) is 3. The number of likely N-dealkylation sites (N-methyl/N-ethyl adjacent to an activating group) is 1. The Hall–Kier alpha value is -1.14. The number of rotatable bonds is 6. The fourth-order valence-electron chi connectivity index (χ4n) is 2.18. The van der Waals surface area contributed by atoms with Crippen LogP contribution in [0.5, 0.6) is 0 Å². The van der Waals surface area contributed by atoms with Crippen LogP contribution in [0.15, 0.2) is 28.8 Å². The molecule has 1 aromatic carbocycles. The van der Waals surface area contributed by atoms with Gasteiger partial charge in [-0.15, -0.1) is 12.4 Å². The van der Waals surface area contributed by atoms with Gasteiger partial charge in [0.2, 0.25) is 5.89 Å². The Kier molecular flexibility index (Phi) is 7.29. The highest BCUT2D eigenvalue weighted by Gasteiger charge is 2.23. The molecule has 0 amide bonds. The molecule has 5 nitrogen and oxygen atoms in total. The molecule has 0 radical (unpaired) electrons. The quantitative estimate of drug-likeness (QED) is 0.872. The second-order valence-corrected chi connectivity index (χ2v) is 5.80. The van der Waals surface area contributed by atoms with Crippen molar-refractivity contribution in [2.75, 3.05) is 21.1 Å². The highest BCUT2D eigenvalue weighted by Crippen LogP contribution is 2.27. The van der Waals surface area contributed by atoms with E-state index in [1.54, 1.807) is 0 Å². The minimum absolute atomic E-state index is 0. The van der Waals surface area contributed by atoms with Gasteiger partial charge in [-0.3, -0.25) is 4.90 Å². The number of halogens is 2. The van der Waals surface area contributed by atoms with Crippen molar-refractivity contribution in [2.24, 2.45) is 0 Å². The van der Waals surface area contributed by atoms with Gasteiger partial charge in [0.15, 0.2) is 5.82 Å². The maximum Gasteiger partial charge on any atom is 0.248 e. The third-order valence-electron chi connectivity index (χ3n) is 3.38. The van der Waals surface area contributed by atoms with Gasteiger partial charge in [-0.1, -0.05) is 28.9 Å². The van der Waals surface area contributed by atoms with E-state index < -0.39 is 0 Å². The zero-order valence-corrected chi connectivity index (χ0v) is 14.8. The minimum Gasteiger partial charge on any atom is -0.337 e. The van der Waals surface area contributed by atoms with Crippen LogP contribution in [0.1, 0.15) is 30.2 Å². The lowest BCUT2D eigenvalue weighted by Crippen LogP contribution is -2.24. The summed E-state index contributed by atoms with van der Waals surface area (Å²) in [6, 6.07) is 7.91. The van der Waals surface area contributed by atoms with Crippen molar-refractivity contribution >= 4 is 24.0 Å². The van der Waals surface area contributed by atoms with Crippen LogP contribution < -0.4 is 5.32 Å². The fourth-order valence-corrected chi connectivity index (χ4v) is 2.37. The third-order valence-corrected chi connectivity index (χ3v) is 3.62. The molecule has 0 fully saturated rings. The van der Waals surface area contributed by atoms with Gasteiger partial charge in [-0.2, -0.15) is 4.98 Å². The second kappa shape index (κ2) is 8.48. The lowest BCUT2D eigenvalue weighted by Gasteiger charge is -2.21. The van der Waals surface area contributed by atoms with Crippen molar-refractivity contribution in [3.05, 3.63) is 46.6 Å². The zero-order chi connectivity index (χ0) is 15.4. The predicted octanol–water partition coefficient (Wildman–Crippen LogP) is 2.95. The molecule has 22 heavy (non-hydrogen) atoms. The van der Waals surface area contributed by atoms with Crippen molar-refractivity contribution in [3.8, 4) is 0 Å². The monoisotopic (exact) mass is 344 g/mol. The molecule has 2 unspecified atom stereocenters. The average molecular weight is 345 g/mol. The third kappa shape index (κ3) is 4.68. The molecule has 1 aromatic heterocycles. The number of hydrogen-bond donors (Lipinski definition) is 1. The SMILES string of the molecule is CNC(C)Cc1noc(C(c2cccc(Cl)c2)N(C)C)n1.Cl. The molecule has 0 saturated heterocycles. The summed E-state index contributed by atoms with van der Waals surface area (Å²) in [4.78, 5) is 6.56. The summed E-state index contributed by atoms with van der Waals surface area (Å²) in [7, 11) is 5.87. The lowest BCUT2D eigenvalue weighted by molar-refractivity contribution is 0.260. The van der Waals surface area contributed by atoms with Crippen LogP contribution in [-0.4, -0.2) is 42.2 Å². The van der Waals surface area contributed by atoms with E-state index in [4.69, 9.17) is 16.1 Å². The first-order chi connectivity index (χ1) is 10.0. The Morgan fingerprint density at radius 3 is 2.68 bits per heavy atom. The van der Waals surface area contributed by atoms with E-state index in [0.29, 0.717) is 22.8 Å². The van der Waals surface area contributed by atoms with E-state index in [1.165, 1.54) is 0 Å². The Morgan fingerprint density at radius 1 is 1.36 bits per heavy atom. The van der Waals surface area contributed by atoms with Gasteiger partial charge < -0.3 is 9.84 Å². The largest absolute Gasteiger partial charge is 0.337 e. The van der Waals surface area contributed by atoms with Gasteiger partial charge in [0.1, 0.15) is 6.04 Å². The Labute approximate surface area is 142 Å². The molecule has 2 aromatic rings. The smallest absolute Gasteiger partial charge is 0.248 e. The van der Waals surface area contributed by atoms with Crippen molar-refractivity contribution in [1.82, 2.24) is 20.4 Å². The van der Waals surface area contributed by atoms with E-state index in [1.807, 2.05) is 50.3 Å². The molecular weight excluding hydrogens is 323 g/mol. The first kappa shape index (κ1) is 18.9. The summed E-state index contributed by atoms with van der Waals surface area (Å²) in [5.74, 6) is 1.29. The summed E-state index contributed by atoms with van der Waals surface area (Å²) >= 11 is 6.08. The zero-order valence-electron chi connectivity index (χ0n) is 13.2. The lowest BCUT2D eigenvalue weighted by atomic mass is 10.1. The van der Waals surface area contributed by atoms with Gasteiger partial charge in [-0.05, 0) is 45.8 Å². The second-order valence-electron chi connectivity index (χ2n) is 5.36. The molecule has 0 aliphatic rings. The first-order valence-electron chi connectivity index (χ1n) is 6.93. The number of aromatic nitrogens is 2. The van der Waals surface area contributed by atoms with Crippen molar-refractivity contribution in [3.63, 3.8) is 0 Å². The molecule has 7 heteroatoms. The number of benzene rings is 1. The van der Waals surface area contributed by atoms with Crippen molar-refractivity contribution in [1.29, 1.82) is 0 Å². The van der Waals surface area contributed by atoms with Crippen molar-refractivity contribution in [2.45, 2.75) is 25.4 Å². The topological polar surface area (TPSA) is 54.2 Å². The first-order valence-corrected chi connectivity index (χ1v) is 7.30. The molecule has 2 rings (SSSR count). The molecule has 0 aliphatic heterocycles. The van der Waals surface area contributed by atoms with E-state index in [2.05, 4.69) is 22.4 Å². The van der Waals surface area contributed by atoms with Gasteiger partial charge in [0.05, 0.1) is 0 Å². The summed E-state index contributed by atoms with van der Waals surface area (Å²) in [5.41, 5.74) is 1.03. The molecule has 1 N–H and O–H groups in total. The molecule has 0 aliphatic carbocycles. The Morgan fingerprint density at radius 2 is 2.09 bits per heavy atom. The molecule has 122 valence electrons.